The molecule has 1 aliphatic rings. The maximum absolute atomic E-state index is 12.9. The number of esters is 1. The van der Waals surface area contributed by atoms with Crippen molar-refractivity contribution in [2.75, 3.05) is 26.4 Å². The molecule has 1 saturated heterocycles. The number of ether oxygens (including phenoxy) is 4. The fourth-order valence-corrected chi connectivity index (χ4v) is 7.83. The number of carbonyl (C=O) groups excluding carboxylic acids is 1. The summed E-state index contributed by atoms with van der Waals surface area (Å²) in [6, 6.07) is 0. The number of rotatable bonds is 45. The Balaban J connectivity index is 2.20. The standard InChI is InChI=1S/C55H98O9/c1-3-5-7-9-11-13-15-17-19-21-23-24-25-26-27-28-30-32-34-36-38-40-42-44-51(57)63-49(48-62-55-54(60)53(59)52(58)50(46-56)64-55)47-61-45-43-41-39-37-35-33-31-29-22-20-18-16-14-12-10-8-6-4-2/h6,8,12,14,18,20-21,23,29,31,49-50,52-56,58-60H,3-5,7,9-11,13,15-17,19,22,24-28,30,32-48H2,1-2H3/b8-6-,14-12-,20-18-,23-21-,31-29-. The monoisotopic (exact) mass is 903 g/mol. The molecule has 6 atom stereocenters. The Hall–Kier alpha value is -2.11. The molecule has 0 aromatic rings. The minimum atomic E-state index is -1.54. The third-order valence-corrected chi connectivity index (χ3v) is 11.9. The highest BCUT2D eigenvalue weighted by atomic mass is 16.7. The van der Waals surface area contributed by atoms with E-state index < -0.39 is 43.4 Å². The van der Waals surface area contributed by atoms with Crippen molar-refractivity contribution in [3.05, 3.63) is 60.8 Å². The molecule has 1 rings (SSSR count). The van der Waals surface area contributed by atoms with E-state index in [1.165, 1.54) is 128 Å². The first-order valence-corrected chi connectivity index (χ1v) is 26.4. The van der Waals surface area contributed by atoms with Crippen LogP contribution in [0, 0.1) is 0 Å². The second-order valence-corrected chi connectivity index (χ2v) is 17.9. The van der Waals surface area contributed by atoms with Crippen LogP contribution in [0.5, 0.6) is 0 Å². The van der Waals surface area contributed by atoms with Crippen molar-refractivity contribution in [3.8, 4) is 0 Å². The number of aliphatic hydroxyl groups excluding tert-OH is 4. The van der Waals surface area contributed by atoms with E-state index in [2.05, 4.69) is 74.6 Å². The normalized spacial score (nSPS) is 20.0. The van der Waals surface area contributed by atoms with Crippen LogP contribution in [0.15, 0.2) is 60.8 Å². The van der Waals surface area contributed by atoms with E-state index in [4.69, 9.17) is 18.9 Å². The Labute approximate surface area is 392 Å². The molecule has 9 heteroatoms. The van der Waals surface area contributed by atoms with Crippen LogP contribution < -0.4 is 0 Å². The van der Waals surface area contributed by atoms with Crippen molar-refractivity contribution in [3.63, 3.8) is 0 Å². The lowest BCUT2D eigenvalue weighted by Crippen LogP contribution is -2.59. The van der Waals surface area contributed by atoms with Gasteiger partial charge >= 0.3 is 5.97 Å². The molecule has 4 N–H and O–H groups in total. The molecule has 1 heterocycles. The molecular formula is C55H98O9. The molecule has 0 aromatic carbocycles. The smallest absolute Gasteiger partial charge is 0.306 e. The van der Waals surface area contributed by atoms with Crippen LogP contribution in [0.2, 0.25) is 0 Å². The summed E-state index contributed by atoms with van der Waals surface area (Å²) in [4.78, 5) is 12.9. The molecule has 0 aliphatic carbocycles. The third kappa shape index (κ3) is 36.1. The zero-order valence-electron chi connectivity index (χ0n) is 41.0. The molecule has 1 aliphatic heterocycles. The highest BCUT2D eigenvalue weighted by Crippen LogP contribution is 2.23. The second-order valence-electron chi connectivity index (χ2n) is 17.9. The lowest BCUT2D eigenvalue weighted by molar-refractivity contribution is -0.305. The van der Waals surface area contributed by atoms with E-state index in [9.17, 15) is 25.2 Å². The predicted molar refractivity (Wildman–Crippen MR) is 265 cm³/mol. The van der Waals surface area contributed by atoms with Gasteiger partial charge < -0.3 is 39.4 Å². The van der Waals surface area contributed by atoms with Crippen molar-refractivity contribution >= 4 is 5.97 Å². The Morgan fingerprint density at radius 1 is 0.516 bits per heavy atom. The van der Waals surface area contributed by atoms with Gasteiger partial charge in [-0.1, -0.05) is 197 Å². The zero-order chi connectivity index (χ0) is 46.4. The third-order valence-electron chi connectivity index (χ3n) is 11.9. The van der Waals surface area contributed by atoms with Gasteiger partial charge in [0.25, 0.3) is 0 Å². The van der Waals surface area contributed by atoms with Gasteiger partial charge in [-0.3, -0.25) is 4.79 Å². The lowest BCUT2D eigenvalue weighted by atomic mass is 9.99. The summed E-state index contributed by atoms with van der Waals surface area (Å²) in [6.07, 6.45) is 52.6. The van der Waals surface area contributed by atoms with E-state index in [0.717, 1.165) is 70.6 Å². The molecule has 6 unspecified atom stereocenters. The van der Waals surface area contributed by atoms with Crippen LogP contribution in [0.25, 0.3) is 0 Å². The van der Waals surface area contributed by atoms with Crippen LogP contribution in [0.1, 0.15) is 219 Å². The largest absolute Gasteiger partial charge is 0.457 e. The van der Waals surface area contributed by atoms with E-state index in [1.807, 2.05) is 0 Å². The van der Waals surface area contributed by atoms with Crippen molar-refractivity contribution in [2.24, 2.45) is 0 Å². The number of carbonyl (C=O) groups is 1. The summed E-state index contributed by atoms with van der Waals surface area (Å²) >= 11 is 0. The van der Waals surface area contributed by atoms with E-state index in [1.54, 1.807) is 0 Å². The molecule has 372 valence electrons. The molecule has 0 radical (unpaired) electrons. The first kappa shape index (κ1) is 59.9. The van der Waals surface area contributed by atoms with Gasteiger partial charge in [0.15, 0.2) is 6.29 Å². The molecule has 0 aromatic heterocycles. The van der Waals surface area contributed by atoms with Gasteiger partial charge in [-0.05, 0) is 77.0 Å². The highest BCUT2D eigenvalue weighted by molar-refractivity contribution is 5.69. The number of unbranched alkanes of at least 4 members (excludes halogenated alkanes) is 24. The van der Waals surface area contributed by atoms with Gasteiger partial charge in [0.05, 0.1) is 19.8 Å². The Bertz CT molecular complexity index is 1160. The number of hydrogen-bond donors (Lipinski definition) is 4. The summed E-state index contributed by atoms with van der Waals surface area (Å²) in [5, 5.41) is 40.3. The first-order chi connectivity index (χ1) is 31.4. The van der Waals surface area contributed by atoms with Crippen molar-refractivity contribution in [1.82, 2.24) is 0 Å². The van der Waals surface area contributed by atoms with Gasteiger partial charge in [-0.25, -0.2) is 0 Å². The number of hydrogen-bond acceptors (Lipinski definition) is 9. The SMILES string of the molecule is CC/C=C\C/C=C\C/C=C\C/C=C\CCCCCCCOCC(COC1OC(CO)C(O)C(O)C1O)OC(=O)CCCCCCCCCCCCC/C=C\CCCCCCCCCC. The summed E-state index contributed by atoms with van der Waals surface area (Å²) in [6.45, 7) is 4.42. The summed E-state index contributed by atoms with van der Waals surface area (Å²) in [7, 11) is 0. The summed E-state index contributed by atoms with van der Waals surface area (Å²) in [5.41, 5.74) is 0. The molecule has 64 heavy (non-hydrogen) atoms. The van der Waals surface area contributed by atoms with Crippen LogP contribution >= 0.6 is 0 Å². The van der Waals surface area contributed by atoms with Gasteiger partial charge in [0.2, 0.25) is 0 Å². The zero-order valence-corrected chi connectivity index (χ0v) is 41.0. The van der Waals surface area contributed by atoms with Crippen LogP contribution in [0.3, 0.4) is 0 Å². The van der Waals surface area contributed by atoms with Gasteiger partial charge in [0, 0.05) is 13.0 Å². The van der Waals surface area contributed by atoms with Crippen LogP contribution in [0.4, 0.5) is 0 Å². The maximum Gasteiger partial charge on any atom is 0.306 e. The number of aliphatic hydroxyl groups is 4. The molecular weight excluding hydrogens is 805 g/mol. The van der Waals surface area contributed by atoms with Crippen LogP contribution in [-0.2, 0) is 23.7 Å². The Morgan fingerprint density at radius 2 is 0.953 bits per heavy atom. The fraction of sp³-hybridized carbons (Fsp3) is 0.800. The van der Waals surface area contributed by atoms with Gasteiger partial charge in [-0.2, -0.15) is 0 Å². The van der Waals surface area contributed by atoms with Crippen molar-refractivity contribution in [2.45, 2.75) is 256 Å². The first-order valence-electron chi connectivity index (χ1n) is 26.4. The molecule has 1 fully saturated rings. The number of allylic oxidation sites excluding steroid dienone is 10. The predicted octanol–water partition coefficient (Wildman–Crippen LogP) is 13.0. The molecule has 0 saturated carbocycles. The lowest BCUT2D eigenvalue weighted by Gasteiger charge is -2.39. The highest BCUT2D eigenvalue weighted by Gasteiger charge is 2.44. The van der Waals surface area contributed by atoms with Crippen LogP contribution in [-0.4, -0.2) is 89.6 Å². The summed E-state index contributed by atoms with van der Waals surface area (Å²) in [5.74, 6) is -0.321. The Morgan fingerprint density at radius 3 is 1.45 bits per heavy atom. The van der Waals surface area contributed by atoms with Gasteiger partial charge in [0.1, 0.15) is 30.5 Å². The molecule has 0 bridgehead atoms. The molecule has 9 nitrogen and oxygen atoms in total. The topological polar surface area (TPSA) is 135 Å². The van der Waals surface area contributed by atoms with E-state index in [-0.39, 0.29) is 19.2 Å². The average Bonchev–Trinajstić information content (AvgIpc) is 3.30. The quantitative estimate of drug-likeness (QED) is 0.0268. The minimum Gasteiger partial charge on any atom is -0.457 e. The second kappa shape index (κ2) is 46.0. The summed E-state index contributed by atoms with van der Waals surface area (Å²) < 4.78 is 22.9. The van der Waals surface area contributed by atoms with E-state index in [0.29, 0.717) is 13.0 Å². The van der Waals surface area contributed by atoms with Crippen molar-refractivity contribution in [1.29, 1.82) is 0 Å². The Kier molecular flexibility index (Phi) is 43.1. The molecule has 0 spiro atoms. The maximum atomic E-state index is 12.9. The van der Waals surface area contributed by atoms with Gasteiger partial charge in [-0.15, -0.1) is 0 Å². The minimum absolute atomic E-state index is 0.123. The molecule has 0 amide bonds. The average molecular weight is 903 g/mol. The van der Waals surface area contributed by atoms with E-state index >= 15 is 0 Å². The van der Waals surface area contributed by atoms with Crippen molar-refractivity contribution < 1.29 is 44.2 Å². The fourth-order valence-electron chi connectivity index (χ4n) is 7.83.